The highest BCUT2D eigenvalue weighted by Gasteiger charge is 2.54. The number of nitrogens with zero attached hydrogens (tertiary/aromatic N) is 1. The summed E-state index contributed by atoms with van der Waals surface area (Å²) in [6, 6.07) is 8.96. The van der Waals surface area contributed by atoms with Gasteiger partial charge in [-0.15, -0.1) is 0 Å². The first-order valence-corrected chi connectivity index (χ1v) is 13.1. The van der Waals surface area contributed by atoms with Gasteiger partial charge in [-0.1, -0.05) is 0 Å². The number of hydrogen-bond acceptors (Lipinski definition) is 9. The number of ether oxygens (including phenoxy) is 5. The second kappa shape index (κ2) is 9.32. The maximum absolute atomic E-state index is 14.6. The van der Waals surface area contributed by atoms with Gasteiger partial charge in [-0.3, -0.25) is 9.78 Å². The summed E-state index contributed by atoms with van der Waals surface area (Å²) < 4.78 is 42.7. The molecule has 10 heteroatoms. The lowest BCUT2D eigenvalue weighted by Gasteiger charge is -2.42. The Kier molecular flexibility index (Phi) is 5.72. The van der Waals surface area contributed by atoms with Crippen molar-refractivity contribution in [2.45, 2.75) is 24.3 Å². The van der Waals surface area contributed by atoms with Crippen molar-refractivity contribution in [2.24, 2.45) is 11.8 Å². The van der Waals surface area contributed by atoms with Crippen LogP contribution in [0.1, 0.15) is 40.5 Å². The van der Waals surface area contributed by atoms with E-state index in [1.807, 2.05) is 18.3 Å². The molecule has 3 aromatic rings. The van der Waals surface area contributed by atoms with Gasteiger partial charge in [-0.05, 0) is 59.0 Å². The van der Waals surface area contributed by atoms with E-state index in [-0.39, 0.29) is 60.3 Å². The van der Waals surface area contributed by atoms with Crippen LogP contribution in [0.3, 0.4) is 0 Å². The Labute approximate surface area is 229 Å². The summed E-state index contributed by atoms with van der Waals surface area (Å²) in [5, 5.41) is 14.0. The molecule has 0 radical (unpaired) electrons. The van der Waals surface area contributed by atoms with Crippen LogP contribution in [0.15, 0.2) is 48.9 Å². The molecule has 0 spiro atoms. The van der Waals surface area contributed by atoms with Crippen LogP contribution in [0.25, 0.3) is 5.57 Å². The molecule has 0 bridgehead atoms. The molecule has 206 valence electrons. The monoisotopic (exact) mass is 546 g/mol. The van der Waals surface area contributed by atoms with Crippen LogP contribution in [0.4, 0.5) is 4.39 Å². The summed E-state index contributed by atoms with van der Waals surface area (Å²) in [6.45, 7) is 0.361. The Hall–Kier alpha value is -4.47. The number of benzene rings is 2. The molecular formula is C30H27FN2O7. The predicted molar refractivity (Wildman–Crippen MR) is 140 cm³/mol. The first kappa shape index (κ1) is 24.6. The lowest BCUT2D eigenvalue weighted by Crippen LogP contribution is -2.42. The third kappa shape index (κ3) is 3.65. The van der Waals surface area contributed by atoms with Crippen molar-refractivity contribution in [1.82, 2.24) is 10.3 Å². The Balaban J connectivity index is 1.37. The van der Waals surface area contributed by atoms with Crippen LogP contribution in [-0.2, 0) is 9.53 Å². The quantitative estimate of drug-likeness (QED) is 0.458. The number of halogens is 1. The molecule has 5 atom stereocenters. The minimum absolute atomic E-state index is 0.109. The van der Waals surface area contributed by atoms with Gasteiger partial charge in [-0.25, -0.2) is 4.39 Å². The van der Waals surface area contributed by atoms with Crippen molar-refractivity contribution in [3.8, 4) is 28.7 Å². The van der Waals surface area contributed by atoms with E-state index >= 15 is 0 Å². The molecular weight excluding hydrogens is 519 g/mol. The molecule has 0 amide bonds. The highest BCUT2D eigenvalue weighted by atomic mass is 19.1. The second-order valence-electron chi connectivity index (χ2n) is 10.4. The molecule has 0 saturated carbocycles. The van der Waals surface area contributed by atoms with Crippen LogP contribution >= 0.6 is 0 Å². The third-order valence-electron chi connectivity index (χ3n) is 8.57. The lowest BCUT2D eigenvalue weighted by atomic mass is 9.60. The SMILES string of the molecule is COc1cc([C@@H]2c3cc4c(cc3[C@@H](C3CC(c5ccncc5F)=CN3)[C@H]3COC(=O)[C@H]23)OCO4)cc(OC)c1O. The molecule has 2 aromatic carbocycles. The number of carbonyl (C=O) groups excluding carboxylic acids is 1. The van der Waals surface area contributed by atoms with Crippen LogP contribution in [0, 0.1) is 17.7 Å². The van der Waals surface area contributed by atoms with Gasteiger partial charge < -0.3 is 34.1 Å². The normalized spacial score (nSPS) is 25.9. The van der Waals surface area contributed by atoms with E-state index in [2.05, 4.69) is 10.3 Å². The topological polar surface area (TPSA) is 108 Å². The Morgan fingerprint density at radius 2 is 1.75 bits per heavy atom. The Bertz CT molecular complexity index is 1530. The van der Waals surface area contributed by atoms with Gasteiger partial charge in [0.2, 0.25) is 12.5 Å². The minimum atomic E-state index is -0.514. The summed E-state index contributed by atoms with van der Waals surface area (Å²) in [6.07, 6.45) is 5.20. The number of aromatic nitrogens is 1. The van der Waals surface area contributed by atoms with E-state index in [9.17, 15) is 14.3 Å². The Morgan fingerprint density at radius 3 is 2.45 bits per heavy atom. The summed E-state index contributed by atoms with van der Waals surface area (Å²) in [4.78, 5) is 17.3. The van der Waals surface area contributed by atoms with Crippen LogP contribution in [-0.4, -0.2) is 49.7 Å². The molecule has 1 aliphatic carbocycles. The van der Waals surface area contributed by atoms with Gasteiger partial charge in [-0.2, -0.15) is 0 Å². The first-order chi connectivity index (χ1) is 19.5. The van der Waals surface area contributed by atoms with E-state index in [4.69, 9.17) is 23.7 Å². The van der Waals surface area contributed by atoms with E-state index in [1.54, 1.807) is 24.4 Å². The zero-order chi connectivity index (χ0) is 27.5. The van der Waals surface area contributed by atoms with Crippen molar-refractivity contribution in [1.29, 1.82) is 0 Å². The maximum Gasteiger partial charge on any atom is 0.310 e. The zero-order valence-corrected chi connectivity index (χ0v) is 21.8. The number of rotatable bonds is 5. The second-order valence-corrected chi connectivity index (χ2v) is 10.4. The van der Waals surface area contributed by atoms with Crippen molar-refractivity contribution in [3.05, 3.63) is 77.0 Å². The average Bonchev–Trinajstić information content (AvgIpc) is 3.72. The van der Waals surface area contributed by atoms with Crippen molar-refractivity contribution in [2.75, 3.05) is 27.6 Å². The van der Waals surface area contributed by atoms with E-state index in [1.165, 1.54) is 20.4 Å². The smallest absolute Gasteiger partial charge is 0.310 e. The number of esters is 1. The number of carbonyl (C=O) groups is 1. The summed E-state index contributed by atoms with van der Waals surface area (Å²) in [5.41, 5.74) is 3.99. The number of cyclic esters (lactones) is 1. The molecule has 3 aliphatic heterocycles. The van der Waals surface area contributed by atoms with Gasteiger partial charge >= 0.3 is 5.97 Å². The van der Waals surface area contributed by atoms with E-state index < -0.39 is 11.8 Å². The average molecular weight is 547 g/mol. The number of phenolic OH excluding ortho intramolecular Hbond substituents is 1. The highest BCUT2D eigenvalue weighted by Crippen LogP contribution is 2.57. The third-order valence-corrected chi connectivity index (χ3v) is 8.57. The molecule has 4 aliphatic rings. The number of fused-ring (bicyclic) bond motifs is 3. The lowest BCUT2D eigenvalue weighted by molar-refractivity contribution is -0.141. The summed E-state index contributed by atoms with van der Waals surface area (Å²) in [5.74, 6) is -0.315. The molecule has 1 fully saturated rings. The standard InChI is InChI=1S/C30H27FN2O7/c1-36-24-6-14(7-25(37-2)29(24)34)26-17-8-22-23(40-13-39-22)9-18(17)27(19-12-38-30(35)28(19)26)21-5-15(10-33-21)16-3-4-32-11-20(16)31/h3-4,6-11,19,21,26-28,33-34H,5,12-13H2,1-2H3/t19-,21?,26-,27-,28+/m1/s1. The molecule has 2 N–H and O–H groups in total. The fraction of sp³-hybridized carbons (Fsp3) is 0.333. The fourth-order valence-corrected chi connectivity index (χ4v) is 6.83. The molecule has 1 aromatic heterocycles. The van der Waals surface area contributed by atoms with Crippen molar-refractivity contribution < 1.29 is 38.0 Å². The zero-order valence-electron chi connectivity index (χ0n) is 21.8. The van der Waals surface area contributed by atoms with E-state index in [0.717, 1.165) is 22.3 Å². The van der Waals surface area contributed by atoms with Crippen molar-refractivity contribution in [3.63, 3.8) is 0 Å². The van der Waals surface area contributed by atoms with Gasteiger partial charge in [0.15, 0.2) is 23.0 Å². The van der Waals surface area contributed by atoms with E-state index in [0.29, 0.717) is 23.5 Å². The van der Waals surface area contributed by atoms with Crippen LogP contribution in [0.2, 0.25) is 0 Å². The molecule has 4 heterocycles. The van der Waals surface area contributed by atoms with Gasteiger partial charge in [0.05, 0.1) is 32.9 Å². The number of pyridine rings is 1. The Morgan fingerprint density at radius 1 is 1.02 bits per heavy atom. The van der Waals surface area contributed by atoms with Crippen molar-refractivity contribution >= 4 is 11.5 Å². The summed E-state index contributed by atoms with van der Waals surface area (Å²) in [7, 11) is 2.94. The van der Waals surface area contributed by atoms with Crippen LogP contribution in [0.5, 0.6) is 28.7 Å². The first-order valence-electron chi connectivity index (χ1n) is 13.1. The highest BCUT2D eigenvalue weighted by molar-refractivity contribution is 5.79. The number of methoxy groups -OCH3 is 2. The number of phenols is 1. The molecule has 1 saturated heterocycles. The molecule has 7 rings (SSSR count). The largest absolute Gasteiger partial charge is 0.502 e. The van der Waals surface area contributed by atoms with Gasteiger partial charge in [0.25, 0.3) is 0 Å². The molecule has 40 heavy (non-hydrogen) atoms. The molecule has 9 nitrogen and oxygen atoms in total. The van der Waals surface area contributed by atoms with Crippen LogP contribution < -0.4 is 24.3 Å². The van der Waals surface area contributed by atoms with Gasteiger partial charge in [0.1, 0.15) is 5.82 Å². The fourth-order valence-electron chi connectivity index (χ4n) is 6.83. The maximum atomic E-state index is 14.6. The summed E-state index contributed by atoms with van der Waals surface area (Å²) >= 11 is 0. The minimum Gasteiger partial charge on any atom is -0.502 e. The number of aromatic hydroxyl groups is 1. The molecule has 1 unspecified atom stereocenters. The number of nitrogens with one attached hydrogen (secondary N) is 1. The predicted octanol–water partition coefficient (Wildman–Crippen LogP) is 4.09. The number of hydrogen-bond donors (Lipinski definition) is 2. The van der Waals surface area contributed by atoms with Gasteiger partial charge in [0, 0.05) is 41.8 Å².